The number of benzene rings is 1. The molecule has 0 spiro atoms. The monoisotopic (exact) mass is 198 g/mol. The van der Waals surface area contributed by atoms with Crippen LogP contribution in [0.25, 0.3) is 0 Å². The summed E-state index contributed by atoms with van der Waals surface area (Å²) < 4.78 is 11.1. The first-order chi connectivity index (χ1) is 6.25. The zero-order chi connectivity index (χ0) is 10.3. The molecule has 0 aliphatic rings. The molecule has 0 fully saturated rings. The molecule has 0 radical (unpaired) electrons. The van der Waals surface area contributed by atoms with E-state index in [0.29, 0.717) is 0 Å². The maximum Gasteiger partial charge on any atom is 0.0500 e. The fraction of sp³-hybridized carbons (Fsp3) is 0.455. The van der Waals surface area contributed by atoms with E-state index in [-0.39, 0.29) is 0 Å². The highest BCUT2D eigenvalue weighted by Gasteiger charge is 2.01. The van der Waals surface area contributed by atoms with Gasteiger partial charge < -0.3 is 0 Å². The van der Waals surface area contributed by atoms with Gasteiger partial charge in [0.1, 0.15) is 0 Å². The lowest BCUT2D eigenvalue weighted by Crippen LogP contribution is -1.93. The van der Waals surface area contributed by atoms with Crippen molar-refractivity contribution >= 4 is 10.8 Å². The third kappa shape index (κ3) is 3.73. The molecule has 0 amide bonds. The van der Waals surface area contributed by atoms with Crippen molar-refractivity contribution in [3.63, 3.8) is 0 Å². The predicted octanol–water partition coefficient (Wildman–Crippen LogP) is 3.01. The van der Waals surface area contributed by atoms with Gasteiger partial charge in [-0.3, -0.25) is 4.21 Å². The fourth-order valence-corrected chi connectivity index (χ4v) is 1.93. The topological polar surface area (TPSA) is 17.1 Å². The minimum atomic E-state index is -0.840. The second-order valence-electron chi connectivity index (χ2n) is 2.42. The minimum absolute atomic E-state index is 0.840. The van der Waals surface area contributed by atoms with Crippen LogP contribution in [0.4, 0.5) is 0 Å². The van der Waals surface area contributed by atoms with E-state index in [9.17, 15) is 4.21 Å². The number of rotatable bonds is 2. The summed E-state index contributed by atoms with van der Waals surface area (Å²) in [6, 6.07) is 7.86. The summed E-state index contributed by atoms with van der Waals surface area (Å²) in [6.07, 6.45) is 2.67. The summed E-state index contributed by atoms with van der Waals surface area (Å²) in [5.41, 5.74) is 1.19. The Labute approximate surface area is 83.6 Å². The van der Waals surface area contributed by atoms with Crippen LogP contribution in [-0.2, 0) is 17.2 Å². The molecule has 0 aromatic heterocycles. The van der Waals surface area contributed by atoms with Crippen LogP contribution in [0.3, 0.4) is 0 Å². The molecule has 0 saturated heterocycles. The predicted molar refractivity (Wildman–Crippen MR) is 59.5 cm³/mol. The average Bonchev–Trinajstić information content (AvgIpc) is 2.20. The normalized spacial score (nSPS) is 11.4. The van der Waals surface area contributed by atoms with Crippen LogP contribution in [-0.4, -0.2) is 10.5 Å². The third-order valence-electron chi connectivity index (χ3n) is 1.66. The van der Waals surface area contributed by atoms with E-state index >= 15 is 0 Å². The summed E-state index contributed by atoms with van der Waals surface area (Å²) in [5.74, 6) is 0. The van der Waals surface area contributed by atoms with Crippen molar-refractivity contribution in [2.45, 2.75) is 32.1 Å². The van der Waals surface area contributed by atoms with Gasteiger partial charge in [-0.1, -0.05) is 39.0 Å². The summed E-state index contributed by atoms with van der Waals surface area (Å²) in [4.78, 5) is 0.968. The largest absolute Gasteiger partial charge is 0.255 e. The standard InChI is InChI=1S/C9H12OS.C2H6/c1-3-8-6-4-5-7-9(8)11(2)10;1-2/h4-7H,3H2,1-2H3;1-2H3. The molecule has 0 heterocycles. The lowest BCUT2D eigenvalue weighted by Gasteiger charge is -2.02. The van der Waals surface area contributed by atoms with Crippen molar-refractivity contribution in [2.75, 3.05) is 6.26 Å². The molecule has 0 bridgehead atoms. The lowest BCUT2D eigenvalue weighted by atomic mass is 10.2. The molecule has 0 aliphatic heterocycles. The van der Waals surface area contributed by atoms with E-state index in [1.54, 1.807) is 6.26 Å². The zero-order valence-electron chi connectivity index (χ0n) is 8.83. The molecule has 0 saturated carbocycles. The van der Waals surface area contributed by atoms with Gasteiger partial charge in [-0.25, -0.2) is 0 Å². The molecule has 1 rings (SSSR count). The van der Waals surface area contributed by atoms with Crippen molar-refractivity contribution < 1.29 is 4.21 Å². The quantitative estimate of drug-likeness (QED) is 0.714. The van der Waals surface area contributed by atoms with Crippen LogP contribution in [0.1, 0.15) is 26.3 Å². The van der Waals surface area contributed by atoms with Gasteiger partial charge in [0.25, 0.3) is 0 Å². The second kappa shape index (κ2) is 6.84. The Morgan fingerprint density at radius 1 is 1.23 bits per heavy atom. The summed E-state index contributed by atoms with van der Waals surface area (Å²) >= 11 is 0. The van der Waals surface area contributed by atoms with E-state index in [1.807, 2.05) is 38.1 Å². The van der Waals surface area contributed by atoms with Crippen LogP contribution in [0.15, 0.2) is 29.2 Å². The molecule has 1 unspecified atom stereocenters. The Hall–Kier alpha value is -0.630. The number of hydrogen-bond donors (Lipinski definition) is 0. The average molecular weight is 198 g/mol. The van der Waals surface area contributed by atoms with Crippen molar-refractivity contribution in [1.82, 2.24) is 0 Å². The van der Waals surface area contributed by atoms with E-state index in [4.69, 9.17) is 0 Å². The van der Waals surface area contributed by atoms with Crippen LogP contribution in [0.2, 0.25) is 0 Å². The van der Waals surface area contributed by atoms with E-state index in [0.717, 1.165) is 11.3 Å². The van der Waals surface area contributed by atoms with E-state index < -0.39 is 10.8 Å². The molecular weight excluding hydrogens is 180 g/mol. The Balaban J connectivity index is 0.000000671. The molecule has 0 N–H and O–H groups in total. The van der Waals surface area contributed by atoms with Gasteiger partial charge in [-0.15, -0.1) is 0 Å². The zero-order valence-corrected chi connectivity index (χ0v) is 9.65. The van der Waals surface area contributed by atoms with Crippen molar-refractivity contribution in [3.8, 4) is 0 Å². The molecule has 2 heteroatoms. The van der Waals surface area contributed by atoms with Crippen molar-refractivity contribution in [1.29, 1.82) is 0 Å². The molecule has 1 aromatic carbocycles. The van der Waals surface area contributed by atoms with Crippen LogP contribution in [0, 0.1) is 0 Å². The van der Waals surface area contributed by atoms with Crippen molar-refractivity contribution in [2.24, 2.45) is 0 Å². The molecule has 1 nitrogen and oxygen atoms in total. The Kier molecular flexibility index (Phi) is 6.51. The molecular formula is C11H18OS. The first-order valence-corrected chi connectivity index (χ1v) is 6.23. The van der Waals surface area contributed by atoms with Gasteiger partial charge in [0.2, 0.25) is 0 Å². The second-order valence-corrected chi connectivity index (χ2v) is 3.76. The van der Waals surface area contributed by atoms with Gasteiger partial charge in [-0.05, 0) is 18.1 Å². The Morgan fingerprint density at radius 2 is 1.77 bits per heavy atom. The highest BCUT2D eigenvalue weighted by Crippen LogP contribution is 2.12. The van der Waals surface area contributed by atoms with Gasteiger partial charge in [0.15, 0.2) is 0 Å². The van der Waals surface area contributed by atoms with Crippen LogP contribution in [0.5, 0.6) is 0 Å². The van der Waals surface area contributed by atoms with Gasteiger partial charge in [0, 0.05) is 11.2 Å². The summed E-state index contributed by atoms with van der Waals surface area (Å²) in [6.45, 7) is 6.08. The van der Waals surface area contributed by atoms with E-state index in [2.05, 4.69) is 6.92 Å². The van der Waals surface area contributed by atoms with E-state index in [1.165, 1.54) is 5.56 Å². The Bertz CT molecular complexity index is 269. The SMILES string of the molecule is CC.CCc1ccccc1S(C)=O. The number of hydrogen-bond acceptors (Lipinski definition) is 1. The fourth-order valence-electron chi connectivity index (χ4n) is 1.08. The smallest absolute Gasteiger partial charge is 0.0500 e. The van der Waals surface area contributed by atoms with Crippen molar-refractivity contribution in [3.05, 3.63) is 29.8 Å². The minimum Gasteiger partial charge on any atom is -0.255 e. The van der Waals surface area contributed by atoms with Gasteiger partial charge in [-0.2, -0.15) is 0 Å². The molecule has 1 atom stereocenters. The Morgan fingerprint density at radius 3 is 2.15 bits per heavy atom. The molecule has 0 aliphatic carbocycles. The number of aryl methyl sites for hydroxylation is 1. The summed E-state index contributed by atoms with van der Waals surface area (Å²) in [5, 5.41) is 0. The molecule has 13 heavy (non-hydrogen) atoms. The maximum absolute atomic E-state index is 11.1. The summed E-state index contributed by atoms with van der Waals surface area (Å²) in [7, 11) is -0.840. The maximum atomic E-state index is 11.1. The lowest BCUT2D eigenvalue weighted by molar-refractivity contribution is 0.686. The van der Waals surface area contributed by atoms with Crippen LogP contribution >= 0.6 is 0 Å². The third-order valence-corrected chi connectivity index (χ3v) is 2.68. The first-order valence-electron chi connectivity index (χ1n) is 4.67. The first kappa shape index (κ1) is 12.4. The highest BCUT2D eigenvalue weighted by molar-refractivity contribution is 7.84. The highest BCUT2D eigenvalue weighted by atomic mass is 32.2. The molecule has 1 aromatic rings. The van der Waals surface area contributed by atoms with Crippen LogP contribution < -0.4 is 0 Å². The van der Waals surface area contributed by atoms with Gasteiger partial charge in [0.05, 0.1) is 10.8 Å². The molecule has 74 valence electrons. The van der Waals surface area contributed by atoms with Gasteiger partial charge >= 0.3 is 0 Å².